The Balaban J connectivity index is 2.23. The van der Waals surface area contributed by atoms with Gasteiger partial charge in [-0.2, -0.15) is 0 Å². The number of aryl methyl sites for hydroxylation is 1. The number of hydrogen-bond acceptors (Lipinski definition) is 3. The van der Waals surface area contributed by atoms with Crippen molar-refractivity contribution in [3.05, 3.63) is 41.2 Å². The SMILES string of the molecule is Cc1ccc(-c2nc(C(=O)O)c3n2C(C(=O)O)CCC3)cc1. The van der Waals surface area contributed by atoms with Crippen LogP contribution in [0.25, 0.3) is 11.4 Å². The Bertz CT molecular complexity index is 746. The number of aromatic carboxylic acids is 1. The molecule has 0 spiro atoms. The van der Waals surface area contributed by atoms with Crippen LogP contribution in [0, 0.1) is 6.92 Å². The van der Waals surface area contributed by atoms with Crippen molar-refractivity contribution >= 4 is 11.9 Å². The maximum absolute atomic E-state index is 11.5. The van der Waals surface area contributed by atoms with E-state index in [0.29, 0.717) is 30.8 Å². The summed E-state index contributed by atoms with van der Waals surface area (Å²) in [5, 5.41) is 18.8. The molecule has 1 aliphatic heterocycles. The first-order chi connectivity index (χ1) is 10.5. The molecular weight excluding hydrogens is 284 g/mol. The van der Waals surface area contributed by atoms with Gasteiger partial charge in [-0.1, -0.05) is 29.8 Å². The zero-order chi connectivity index (χ0) is 15.9. The van der Waals surface area contributed by atoms with E-state index < -0.39 is 18.0 Å². The van der Waals surface area contributed by atoms with Crippen molar-refractivity contribution in [1.82, 2.24) is 9.55 Å². The zero-order valence-corrected chi connectivity index (χ0v) is 12.1. The molecule has 2 aromatic rings. The summed E-state index contributed by atoms with van der Waals surface area (Å²) >= 11 is 0. The number of hydrogen-bond donors (Lipinski definition) is 2. The molecule has 0 bridgehead atoms. The van der Waals surface area contributed by atoms with Crippen LogP contribution in [0.1, 0.15) is 40.6 Å². The number of nitrogens with zero attached hydrogens (tertiary/aromatic N) is 2. The number of rotatable bonds is 3. The molecule has 6 heteroatoms. The van der Waals surface area contributed by atoms with E-state index in [9.17, 15) is 19.8 Å². The van der Waals surface area contributed by atoms with Crippen LogP contribution in [0.4, 0.5) is 0 Å². The Labute approximate surface area is 127 Å². The van der Waals surface area contributed by atoms with Crippen molar-refractivity contribution in [2.45, 2.75) is 32.2 Å². The number of carbonyl (C=O) groups is 2. The lowest BCUT2D eigenvalue weighted by atomic mass is 10.0. The van der Waals surface area contributed by atoms with Gasteiger partial charge in [0.05, 0.1) is 5.69 Å². The van der Waals surface area contributed by atoms with E-state index in [1.807, 2.05) is 31.2 Å². The van der Waals surface area contributed by atoms with E-state index in [-0.39, 0.29) is 5.69 Å². The summed E-state index contributed by atoms with van der Waals surface area (Å²) in [7, 11) is 0. The van der Waals surface area contributed by atoms with E-state index in [1.165, 1.54) is 0 Å². The summed E-state index contributed by atoms with van der Waals surface area (Å²) < 4.78 is 1.58. The minimum absolute atomic E-state index is 0.0403. The molecule has 0 amide bonds. The molecule has 1 aromatic carbocycles. The van der Waals surface area contributed by atoms with E-state index in [1.54, 1.807) is 4.57 Å². The number of fused-ring (bicyclic) bond motifs is 1. The Kier molecular flexibility index (Phi) is 3.44. The van der Waals surface area contributed by atoms with E-state index in [0.717, 1.165) is 11.1 Å². The number of carboxylic acids is 2. The summed E-state index contributed by atoms with van der Waals surface area (Å²) in [5.74, 6) is -1.66. The second kappa shape index (κ2) is 5.29. The molecule has 0 radical (unpaired) electrons. The first-order valence-electron chi connectivity index (χ1n) is 7.13. The van der Waals surface area contributed by atoms with Crippen LogP contribution in [0.3, 0.4) is 0 Å². The Morgan fingerprint density at radius 1 is 1.23 bits per heavy atom. The molecule has 2 N–H and O–H groups in total. The lowest BCUT2D eigenvalue weighted by Crippen LogP contribution is -2.26. The van der Waals surface area contributed by atoms with E-state index in [2.05, 4.69) is 4.98 Å². The minimum atomic E-state index is -1.12. The van der Waals surface area contributed by atoms with Gasteiger partial charge >= 0.3 is 11.9 Å². The molecular formula is C16H16N2O4. The second-order valence-corrected chi connectivity index (χ2v) is 5.52. The number of benzene rings is 1. The maximum atomic E-state index is 11.5. The van der Waals surface area contributed by atoms with Gasteiger partial charge in [0, 0.05) is 5.56 Å². The number of carboxylic acid groups (broad SMARTS) is 2. The Morgan fingerprint density at radius 2 is 1.91 bits per heavy atom. The van der Waals surface area contributed by atoms with Gasteiger partial charge in [0.1, 0.15) is 11.9 Å². The van der Waals surface area contributed by atoms with Crippen molar-refractivity contribution in [3.63, 3.8) is 0 Å². The van der Waals surface area contributed by atoms with E-state index in [4.69, 9.17) is 0 Å². The highest BCUT2D eigenvalue weighted by Gasteiger charge is 2.33. The fourth-order valence-corrected chi connectivity index (χ4v) is 2.94. The molecule has 0 saturated heterocycles. The van der Waals surface area contributed by atoms with Gasteiger partial charge in [-0.25, -0.2) is 14.6 Å². The van der Waals surface area contributed by atoms with Gasteiger partial charge in [-0.15, -0.1) is 0 Å². The first-order valence-corrected chi connectivity index (χ1v) is 7.13. The zero-order valence-electron chi connectivity index (χ0n) is 12.1. The fourth-order valence-electron chi connectivity index (χ4n) is 2.94. The molecule has 1 unspecified atom stereocenters. The average molecular weight is 300 g/mol. The van der Waals surface area contributed by atoms with Gasteiger partial charge in [-0.05, 0) is 26.2 Å². The van der Waals surface area contributed by atoms with Crippen LogP contribution in [0.2, 0.25) is 0 Å². The normalized spacial score (nSPS) is 17.0. The Morgan fingerprint density at radius 3 is 2.50 bits per heavy atom. The standard InChI is InChI=1S/C16H16N2O4/c1-9-5-7-10(8-6-9)14-17-13(16(21)22)11-3-2-4-12(15(19)20)18(11)14/h5-8,12H,2-4H2,1H3,(H,19,20)(H,21,22). The minimum Gasteiger partial charge on any atom is -0.480 e. The molecule has 1 aliphatic rings. The molecule has 2 heterocycles. The second-order valence-electron chi connectivity index (χ2n) is 5.52. The maximum Gasteiger partial charge on any atom is 0.356 e. The predicted octanol–water partition coefficient (Wildman–Crippen LogP) is 2.52. The first kappa shape index (κ1) is 14.3. The van der Waals surface area contributed by atoms with Crippen molar-refractivity contribution in [1.29, 1.82) is 0 Å². The third-order valence-electron chi connectivity index (χ3n) is 4.01. The van der Waals surface area contributed by atoms with Crippen LogP contribution >= 0.6 is 0 Å². The molecule has 114 valence electrons. The summed E-state index contributed by atoms with van der Waals surface area (Å²) in [6.45, 7) is 1.95. The van der Waals surface area contributed by atoms with Gasteiger partial charge in [-0.3, -0.25) is 0 Å². The topological polar surface area (TPSA) is 92.4 Å². The molecule has 1 aromatic heterocycles. The number of aliphatic carboxylic acids is 1. The van der Waals surface area contributed by atoms with Crippen molar-refractivity contribution in [2.24, 2.45) is 0 Å². The summed E-state index contributed by atoms with van der Waals surface area (Å²) in [6.07, 6.45) is 1.66. The lowest BCUT2D eigenvalue weighted by Gasteiger charge is -2.24. The van der Waals surface area contributed by atoms with Gasteiger partial charge < -0.3 is 14.8 Å². The van der Waals surface area contributed by atoms with Gasteiger partial charge in [0.2, 0.25) is 0 Å². The largest absolute Gasteiger partial charge is 0.480 e. The number of aromatic nitrogens is 2. The van der Waals surface area contributed by atoms with Crippen molar-refractivity contribution in [3.8, 4) is 11.4 Å². The van der Waals surface area contributed by atoms with Gasteiger partial charge in [0.25, 0.3) is 0 Å². The third-order valence-corrected chi connectivity index (χ3v) is 4.01. The van der Waals surface area contributed by atoms with Crippen LogP contribution in [-0.2, 0) is 11.2 Å². The highest BCUT2D eigenvalue weighted by Crippen LogP contribution is 2.33. The summed E-state index contributed by atoms with van der Waals surface area (Å²) in [4.78, 5) is 27.2. The van der Waals surface area contributed by atoms with Crippen LogP contribution < -0.4 is 0 Å². The molecule has 1 atom stereocenters. The van der Waals surface area contributed by atoms with Crippen LogP contribution in [0.15, 0.2) is 24.3 Å². The Hall–Kier alpha value is -2.63. The van der Waals surface area contributed by atoms with Gasteiger partial charge in [0.15, 0.2) is 5.69 Å². The third kappa shape index (κ3) is 2.26. The summed E-state index contributed by atoms with van der Waals surface area (Å²) in [5.41, 5.74) is 2.26. The smallest absolute Gasteiger partial charge is 0.356 e. The fraction of sp³-hybridized carbons (Fsp3) is 0.312. The van der Waals surface area contributed by atoms with Crippen LogP contribution in [-0.4, -0.2) is 31.7 Å². The van der Waals surface area contributed by atoms with Crippen molar-refractivity contribution < 1.29 is 19.8 Å². The highest BCUT2D eigenvalue weighted by molar-refractivity contribution is 5.88. The van der Waals surface area contributed by atoms with E-state index >= 15 is 0 Å². The molecule has 0 fully saturated rings. The lowest BCUT2D eigenvalue weighted by molar-refractivity contribution is -0.141. The van der Waals surface area contributed by atoms with Crippen molar-refractivity contribution in [2.75, 3.05) is 0 Å². The quantitative estimate of drug-likeness (QED) is 0.908. The molecule has 0 saturated carbocycles. The predicted molar refractivity (Wildman–Crippen MR) is 79.0 cm³/mol. The van der Waals surface area contributed by atoms with Crippen LogP contribution in [0.5, 0.6) is 0 Å². The monoisotopic (exact) mass is 300 g/mol. The molecule has 3 rings (SSSR count). The summed E-state index contributed by atoms with van der Waals surface area (Å²) in [6, 6.07) is 6.71. The molecule has 6 nitrogen and oxygen atoms in total. The number of imidazole rings is 1. The average Bonchev–Trinajstić information content (AvgIpc) is 2.87. The highest BCUT2D eigenvalue weighted by atomic mass is 16.4. The molecule has 22 heavy (non-hydrogen) atoms. The molecule has 0 aliphatic carbocycles.